The zero-order valence-corrected chi connectivity index (χ0v) is 19.1. The zero-order chi connectivity index (χ0) is 24.3. The van der Waals surface area contributed by atoms with E-state index in [4.69, 9.17) is 21.1 Å². The smallest absolute Gasteiger partial charge is 0.258 e. The first-order chi connectivity index (χ1) is 16.1. The monoisotopic (exact) mass is 489 g/mol. The number of halogens is 3. The number of carbonyl (C=O) groups is 3. The molecular weight excluding hydrogens is 468 g/mol. The molecule has 0 saturated heterocycles. The maximum atomic E-state index is 13.5. The minimum atomic E-state index is -1.13. The van der Waals surface area contributed by atoms with Gasteiger partial charge in [-0.05, 0) is 61.4 Å². The second-order valence-corrected chi connectivity index (χ2v) is 10.1. The second-order valence-electron chi connectivity index (χ2n) is 9.70. The van der Waals surface area contributed by atoms with Gasteiger partial charge in [0.15, 0.2) is 35.9 Å². The van der Waals surface area contributed by atoms with Crippen LogP contribution in [0.15, 0.2) is 30.3 Å². The van der Waals surface area contributed by atoms with E-state index in [1.165, 1.54) is 0 Å². The van der Waals surface area contributed by atoms with Crippen LogP contribution in [-0.4, -0.2) is 35.7 Å². The van der Waals surface area contributed by atoms with E-state index < -0.39 is 23.5 Å². The fourth-order valence-electron chi connectivity index (χ4n) is 5.49. The van der Waals surface area contributed by atoms with Crippen molar-refractivity contribution in [3.8, 4) is 11.5 Å². The molecule has 1 aliphatic heterocycles. The van der Waals surface area contributed by atoms with E-state index in [0.717, 1.165) is 17.7 Å². The van der Waals surface area contributed by atoms with Crippen LogP contribution in [0.1, 0.15) is 48.0 Å². The van der Waals surface area contributed by atoms with Crippen molar-refractivity contribution in [3.63, 3.8) is 0 Å². The lowest BCUT2D eigenvalue weighted by atomic mass is 9.38. The highest BCUT2D eigenvalue weighted by Crippen LogP contribution is 2.69. The Labute approximate surface area is 199 Å². The number of carbonyl (C=O) groups excluding carboxylic acids is 3. The van der Waals surface area contributed by atoms with E-state index >= 15 is 0 Å². The number of Topliss-reactive ketones (excluding diaryl/α,β-unsaturated/α-hetero) is 2. The van der Waals surface area contributed by atoms with Gasteiger partial charge in [0.25, 0.3) is 5.91 Å². The molecule has 4 aliphatic rings. The van der Waals surface area contributed by atoms with Gasteiger partial charge in [0.2, 0.25) is 0 Å². The second kappa shape index (κ2) is 8.05. The van der Waals surface area contributed by atoms with Crippen molar-refractivity contribution in [2.75, 3.05) is 6.61 Å². The largest absolute Gasteiger partial charge is 0.484 e. The van der Waals surface area contributed by atoms with Crippen LogP contribution in [0.4, 0.5) is 8.78 Å². The van der Waals surface area contributed by atoms with E-state index in [2.05, 4.69) is 5.32 Å². The minimum absolute atomic E-state index is 0.0499. The Balaban J connectivity index is 1.11. The van der Waals surface area contributed by atoms with Crippen LogP contribution in [0.3, 0.4) is 0 Å². The highest BCUT2D eigenvalue weighted by Gasteiger charge is 2.68. The molecule has 0 spiro atoms. The van der Waals surface area contributed by atoms with Crippen LogP contribution in [0, 0.1) is 24.0 Å². The Morgan fingerprint density at radius 3 is 2.59 bits per heavy atom. The first kappa shape index (κ1) is 22.8. The van der Waals surface area contributed by atoms with E-state index in [1.54, 1.807) is 18.2 Å². The fourth-order valence-corrected chi connectivity index (χ4v) is 5.60. The average Bonchev–Trinajstić information content (AvgIpc) is 2.73. The Morgan fingerprint density at radius 2 is 1.88 bits per heavy atom. The molecule has 3 saturated carbocycles. The molecular formula is C25H22ClF2NO5. The van der Waals surface area contributed by atoms with Gasteiger partial charge < -0.3 is 14.8 Å². The first-order valence-corrected chi connectivity index (χ1v) is 11.4. The summed E-state index contributed by atoms with van der Waals surface area (Å²) in [4.78, 5) is 37.5. The Hall–Kier alpha value is -3.00. The van der Waals surface area contributed by atoms with Crippen LogP contribution in [0.5, 0.6) is 11.5 Å². The van der Waals surface area contributed by atoms with Crippen molar-refractivity contribution in [3.05, 3.63) is 58.1 Å². The number of amides is 1. The molecule has 0 unspecified atom stereocenters. The summed E-state index contributed by atoms with van der Waals surface area (Å²) in [5.74, 6) is -2.74. The predicted octanol–water partition coefficient (Wildman–Crippen LogP) is 4.34. The minimum Gasteiger partial charge on any atom is -0.484 e. The lowest BCUT2D eigenvalue weighted by molar-refractivity contribution is -0.175. The summed E-state index contributed by atoms with van der Waals surface area (Å²) >= 11 is 5.99. The Bertz CT molecular complexity index is 1210. The zero-order valence-electron chi connectivity index (χ0n) is 18.4. The summed E-state index contributed by atoms with van der Waals surface area (Å²) < 4.78 is 38.0. The molecule has 3 aliphatic carbocycles. The highest BCUT2D eigenvalue weighted by atomic mass is 35.5. The van der Waals surface area contributed by atoms with Gasteiger partial charge in [0, 0.05) is 23.0 Å². The number of aryl methyl sites for hydroxylation is 1. The maximum absolute atomic E-state index is 13.5. The van der Waals surface area contributed by atoms with E-state index in [1.807, 2.05) is 6.92 Å². The average molecular weight is 490 g/mol. The van der Waals surface area contributed by atoms with Crippen LogP contribution in [0.25, 0.3) is 0 Å². The van der Waals surface area contributed by atoms with Crippen LogP contribution in [0.2, 0.25) is 5.02 Å². The molecule has 2 aromatic carbocycles. The maximum Gasteiger partial charge on any atom is 0.258 e. The molecule has 1 amide bonds. The van der Waals surface area contributed by atoms with E-state index in [0.29, 0.717) is 30.0 Å². The summed E-state index contributed by atoms with van der Waals surface area (Å²) in [5, 5.41) is 3.62. The summed E-state index contributed by atoms with van der Waals surface area (Å²) in [6.07, 6.45) is 0.983. The number of rotatable bonds is 7. The standard InChI is InChI=1S/C25H22ClF2NO5/c1-13-4-14(2-3-16(13)26)33-9-23(32)29-25-10-24(11-25,12-25)8-20(31)22-7-19(30)15-5-17(27)18(28)6-21(15)34-22/h2-6,22H,7-12H2,1H3,(H,29,32)/t22-,24?,25?/m1/s1. The van der Waals surface area contributed by atoms with Gasteiger partial charge in [-0.2, -0.15) is 0 Å². The van der Waals surface area contributed by atoms with Crippen molar-refractivity contribution in [1.29, 1.82) is 0 Å². The molecule has 34 heavy (non-hydrogen) atoms. The van der Waals surface area contributed by atoms with Crippen molar-refractivity contribution in [1.82, 2.24) is 5.32 Å². The molecule has 1 N–H and O–H groups in total. The quantitative estimate of drug-likeness (QED) is 0.626. The van der Waals surface area contributed by atoms with Gasteiger partial charge in [-0.1, -0.05) is 11.6 Å². The Morgan fingerprint density at radius 1 is 1.18 bits per heavy atom. The summed E-state index contributed by atoms with van der Waals surface area (Å²) in [6.45, 7) is 1.73. The summed E-state index contributed by atoms with van der Waals surface area (Å²) in [7, 11) is 0. The number of ketones is 2. The third kappa shape index (κ3) is 4.04. The molecule has 0 radical (unpaired) electrons. The van der Waals surface area contributed by atoms with Crippen molar-refractivity contribution in [2.45, 2.75) is 50.7 Å². The number of benzene rings is 2. The van der Waals surface area contributed by atoms with E-state index in [9.17, 15) is 23.2 Å². The van der Waals surface area contributed by atoms with Crippen LogP contribution < -0.4 is 14.8 Å². The highest BCUT2D eigenvalue weighted by molar-refractivity contribution is 6.31. The van der Waals surface area contributed by atoms with Crippen molar-refractivity contribution < 1.29 is 32.6 Å². The van der Waals surface area contributed by atoms with Crippen molar-refractivity contribution >= 4 is 29.1 Å². The molecule has 9 heteroatoms. The molecule has 2 bridgehead atoms. The predicted molar refractivity (Wildman–Crippen MR) is 118 cm³/mol. The lowest BCUT2D eigenvalue weighted by Gasteiger charge is -2.70. The number of nitrogens with one attached hydrogen (secondary N) is 1. The Kier molecular flexibility index (Phi) is 5.39. The third-order valence-electron chi connectivity index (χ3n) is 6.92. The van der Waals surface area contributed by atoms with E-state index in [-0.39, 0.29) is 53.4 Å². The molecule has 0 aromatic heterocycles. The third-order valence-corrected chi connectivity index (χ3v) is 7.34. The van der Waals surface area contributed by atoms with Gasteiger partial charge in [-0.15, -0.1) is 0 Å². The van der Waals surface area contributed by atoms with Gasteiger partial charge >= 0.3 is 0 Å². The first-order valence-electron chi connectivity index (χ1n) is 11.0. The van der Waals surface area contributed by atoms with Crippen molar-refractivity contribution in [2.24, 2.45) is 5.41 Å². The van der Waals surface area contributed by atoms with Gasteiger partial charge in [0.05, 0.1) is 12.0 Å². The molecule has 1 heterocycles. The molecule has 178 valence electrons. The number of ether oxygens (including phenoxy) is 2. The number of fused-ring (bicyclic) bond motifs is 1. The summed E-state index contributed by atoms with van der Waals surface area (Å²) in [5.41, 5.74) is 0.257. The number of hydrogen-bond donors (Lipinski definition) is 1. The fraction of sp³-hybridized carbons (Fsp3) is 0.400. The van der Waals surface area contributed by atoms with Crippen LogP contribution >= 0.6 is 11.6 Å². The molecule has 2 aromatic rings. The van der Waals surface area contributed by atoms with Gasteiger partial charge in [-0.25, -0.2) is 8.78 Å². The number of hydrogen-bond acceptors (Lipinski definition) is 5. The van der Waals surface area contributed by atoms with Gasteiger partial charge in [0.1, 0.15) is 11.5 Å². The van der Waals surface area contributed by atoms with Crippen LogP contribution in [-0.2, 0) is 9.59 Å². The topological polar surface area (TPSA) is 81.7 Å². The SMILES string of the molecule is Cc1cc(OCC(=O)NC23CC(CC(=O)[C@H]4CC(=O)c5cc(F)c(F)cc5O4)(C2)C3)ccc1Cl. The lowest BCUT2D eigenvalue weighted by Crippen LogP contribution is -2.75. The normalized spacial score (nSPS) is 26.5. The molecule has 6 rings (SSSR count). The molecule has 3 fully saturated rings. The molecule has 6 nitrogen and oxygen atoms in total. The van der Waals surface area contributed by atoms with Gasteiger partial charge in [-0.3, -0.25) is 14.4 Å². The summed E-state index contributed by atoms with van der Waals surface area (Å²) in [6, 6.07) is 6.78. The molecule has 1 atom stereocenters.